The van der Waals surface area contributed by atoms with Crippen molar-refractivity contribution in [1.29, 1.82) is 0 Å². The maximum absolute atomic E-state index is 12.7. The summed E-state index contributed by atoms with van der Waals surface area (Å²) in [6, 6.07) is 18.1. The third kappa shape index (κ3) is 6.86. The summed E-state index contributed by atoms with van der Waals surface area (Å²) in [6.45, 7) is -0.345. The molecule has 3 rings (SSSR count). The van der Waals surface area contributed by atoms with E-state index in [9.17, 15) is 18.0 Å². The number of hydrazine groups is 1. The lowest BCUT2D eigenvalue weighted by Crippen LogP contribution is -2.43. The molecule has 3 aromatic rings. The molecule has 0 fully saturated rings. The fourth-order valence-corrected chi connectivity index (χ4v) is 3.82. The number of nitrogens with one attached hydrogen (secondary N) is 3. The second-order valence-electron chi connectivity index (χ2n) is 6.61. The highest BCUT2D eigenvalue weighted by molar-refractivity contribution is 7.92. The molecular formula is C22H20ClN3O6S. The van der Waals surface area contributed by atoms with Crippen molar-refractivity contribution in [2.45, 2.75) is 4.90 Å². The Balaban J connectivity index is 1.57. The van der Waals surface area contributed by atoms with E-state index in [0.717, 1.165) is 0 Å². The van der Waals surface area contributed by atoms with E-state index in [2.05, 4.69) is 15.6 Å². The van der Waals surface area contributed by atoms with Crippen LogP contribution in [0.15, 0.2) is 77.7 Å². The Hall–Kier alpha value is -3.76. The van der Waals surface area contributed by atoms with Crippen LogP contribution < -0.4 is 25.0 Å². The molecule has 0 heterocycles. The lowest BCUT2D eigenvalue weighted by atomic mass is 10.2. The zero-order chi connectivity index (χ0) is 23.8. The van der Waals surface area contributed by atoms with E-state index in [4.69, 9.17) is 21.1 Å². The second-order valence-corrected chi connectivity index (χ2v) is 8.73. The van der Waals surface area contributed by atoms with Crippen LogP contribution in [0, 0.1) is 0 Å². The molecule has 2 amide bonds. The number of halogens is 1. The van der Waals surface area contributed by atoms with Crippen molar-refractivity contribution in [2.75, 3.05) is 18.4 Å². The van der Waals surface area contributed by atoms with Gasteiger partial charge in [-0.3, -0.25) is 25.2 Å². The average Bonchev–Trinajstić information content (AvgIpc) is 2.82. The first-order valence-corrected chi connectivity index (χ1v) is 11.4. The van der Waals surface area contributed by atoms with Crippen LogP contribution in [0.25, 0.3) is 0 Å². The number of benzene rings is 3. The Morgan fingerprint density at radius 3 is 2.24 bits per heavy atom. The molecule has 0 aromatic heterocycles. The minimum Gasteiger partial charge on any atom is -0.497 e. The number of sulfonamides is 1. The van der Waals surface area contributed by atoms with Crippen LogP contribution in [-0.4, -0.2) is 33.9 Å². The van der Waals surface area contributed by atoms with Gasteiger partial charge in [-0.1, -0.05) is 17.7 Å². The predicted octanol–water partition coefficient (Wildman–Crippen LogP) is 2.99. The number of methoxy groups -OCH3 is 1. The van der Waals surface area contributed by atoms with Crippen molar-refractivity contribution in [2.24, 2.45) is 0 Å². The SMILES string of the molecule is COc1ccc(NS(=O)(=O)c2cccc(C(=O)NNC(=O)COc3ccc(Cl)cc3)c2)cc1. The monoisotopic (exact) mass is 489 g/mol. The highest BCUT2D eigenvalue weighted by Crippen LogP contribution is 2.20. The van der Waals surface area contributed by atoms with Crippen molar-refractivity contribution >= 4 is 39.1 Å². The van der Waals surface area contributed by atoms with E-state index >= 15 is 0 Å². The van der Waals surface area contributed by atoms with Gasteiger partial charge in [-0.25, -0.2) is 8.42 Å². The summed E-state index contributed by atoms with van der Waals surface area (Å²) < 4.78 is 38.1. The number of amides is 2. The van der Waals surface area contributed by atoms with Crippen LogP contribution in [0.3, 0.4) is 0 Å². The minimum atomic E-state index is -3.95. The van der Waals surface area contributed by atoms with Crippen molar-refractivity contribution in [3.63, 3.8) is 0 Å². The molecule has 0 bridgehead atoms. The Bertz CT molecular complexity index is 1230. The standard InChI is InChI=1S/C22H20ClN3O6S/c1-31-18-11-7-17(8-12-18)26-33(29,30)20-4-2-3-15(13-20)22(28)25-24-21(27)14-32-19-9-5-16(23)6-10-19/h2-13,26H,14H2,1H3,(H,24,27)(H,25,28). The van der Waals surface area contributed by atoms with Crippen LogP contribution in [0.1, 0.15) is 10.4 Å². The first kappa shape index (κ1) is 23.9. The lowest BCUT2D eigenvalue weighted by Gasteiger charge is -2.11. The minimum absolute atomic E-state index is 0.0338. The largest absolute Gasteiger partial charge is 0.497 e. The van der Waals surface area contributed by atoms with Crippen LogP contribution in [0.4, 0.5) is 5.69 Å². The first-order chi connectivity index (χ1) is 15.8. The zero-order valence-electron chi connectivity index (χ0n) is 17.4. The number of ether oxygens (including phenoxy) is 2. The number of carbonyl (C=O) groups excluding carboxylic acids is 2. The molecule has 3 N–H and O–H groups in total. The summed E-state index contributed by atoms with van der Waals surface area (Å²) in [4.78, 5) is 24.1. The van der Waals surface area contributed by atoms with Gasteiger partial charge in [-0.05, 0) is 66.7 Å². The average molecular weight is 490 g/mol. The summed E-state index contributed by atoms with van der Waals surface area (Å²) in [7, 11) is -2.45. The number of anilines is 1. The van der Waals surface area contributed by atoms with Gasteiger partial charge in [0.25, 0.3) is 21.8 Å². The van der Waals surface area contributed by atoms with Crippen LogP contribution in [0.5, 0.6) is 11.5 Å². The smallest absolute Gasteiger partial charge is 0.276 e. The Labute approximate surface area is 195 Å². The Morgan fingerprint density at radius 1 is 0.909 bits per heavy atom. The van der Waals surface area contributed by atoms with Crippen LogP contribution in [-0.2, 0) is 14.8 Å². The summed E-state index contributed by atoms with van der Waals surface area (Å²) in [5.74, 6) is -0.292. The molecule has 0 radical (unpaired) electrons. The van der Waals surface area contributed by atoms with E-state index in [1.807, 2.05) is 0 Å². The second kappa shape index (κ2) is 10.7. The van der Waals surface area contributed by atoms with E-state index in [1.54, 1.807) is 48.5 Å². The number of hydrogen-bond acceptors (Lipinski definition) is 6. The Morgan fingerprint density at radius 2 is 1.58 bits per heavy atom. The van der Waals surface area contributed by atoms with Crippen molar-refractivity contribution < 1.29 is 27.5 Å². The molecule has 0 saturated carbocycles. The van der Waals surface area contributed by atoms with Gasteiger partial charge in [0.2, 0.25) is 0 Å². The maximum atomic E-state index is 12.7. The summed E-state index contributed by atoms with van der Waals surface area (Å²) in [5.41, 5.74) is 4.79. The van der Waals surface area contributed by atoms with Gasteiger partial charge in [0.05, 0.1) is 12.0 Å². The molecule has 172 valence electrons. The molecule has 9 nitrogen and oxygen atoms in total. The van der Waals surface area contributed by atoms with Crippen LogP contribution >= 0.6 is 11.6 Å². The van der Waals surface area contributed by atoms with Gasteiger partial charge < -0.3 is 9.47 Å². The lowest BCUT2D eigenvalue weighted by molar-refractivity contribution is -0.123. The molecule has 11 heteroatoms. The molecular weight excluding hydrogens is 470 g/mol. The first-order valence-electron chi connectivity index (χ1n) is 9.51. The quantitative estimate of drug-likeness (QED) is 0.418. The van der Waals surface area contributed by atoms with E-state index in [-0.39, 0.29) is 17.1 Å². The van der Waals surface area contributed by atoms with Gasteiger partial charge in [0, 0.05) is 16.3 Å². The molecule has 33 heavy (non-hydrogen) atoms. The summed E-state index contributed by atoms with van der Waals surface area (Å²) in [6.07, 6.45) is 0. The number of hydrogen-bond donors (Lipinski definition) is 3. The van der Waals surface area contributed by atoms with E-state index < -0.39 is 21.8 Å². The molecule has 0 aliphatic rings. The molecule has 0 aliphatic heterocycles. The van der Waals surface area contributed by atoms with E-state index in [1.165, 1.54) is 31.4 Å². The molecule has 0 aliphatic carbocycles. The number of rotatable bonds is 8. The molecule has 0 atom stereocenters. The maximum Gasteiger partial charge on any atom is 0.276 e. The third-order valence-corrected chi connectivity index (χ3v) is 5.88. The fraction of sp³-hybridized carbons (Fsp3) is 0.0909. The topological polar surface area (TPSA) is 123 Å². The van der Waals surface area contributed by atoms with Crippen LogP contribution in [0.2, 0.25) is 5.02 Å². The van der Waals surface area contributed by atoms with Gasteiger partial charge in [0.15, 0.2) is 6.61 Å². The molecule has 0 saturated heterocycles. The van der Waals surface area contributed by atoms with Gasteiger partial charge in [-0.2, -0.15) is 0 Å². The summed E-state index contributed by atoms with van der Waals surface area (Å²) >= 11 is 5.78. The summed E-state index contributed by atoms with van der Waals surface area (Å²) in [5, 5.41) is 0.530. The van der Waals surface area contributed by atoms with Crippen molar-refractivity contribution in [3.05, 3.63) is 83.4 Å². The van der Waals surface area contributed by atoms with Gasteiger partial charge >= 0.3 is 0 Å². The van der Waals surface area contributed by atoms with Gasteiger partial charge in [0.1, 0.15) is 11.5 Å². The predicted molar refractivity (Wildman–Crippen MR) is 123 cm³/mol. The van der Waals surface area contributed by atoms with Crippen molar-refractivity contribution in [3.8, 4) is 11.5 Å². The Kier molecular flexibility index (Phi) is 7.75. The van der Waals surface area contributed by atoms with E-state index in [0.29, 0.717) is 22.2 Å². The number of carbonyl (C=O) groups is 2. The molecule has 0 spiro atoms. The van der Waals surface area contributed by atoms with Crippen molar-refractivity contribution in [1.82, 2.24) is 10.9 Å². The highest BCUT2D eigenvalue weighted by Gasteiger charge is 2.17. The fourth-order valence-electron chi connectivity index (χ4n) is 2.59. The molecule has 0 unspecified atom stereocenters. The zero-order valence-corrected chi connectivity index (χ0v) is 18.9. The molecule has 3 aromatic carbocycles. The normalized spacial score (nSPS) is 10.7. The highest BCUT2D eigenvalue weighted by atomic mass is 35.5. The van der Waals surface area contributed by atoms with Gasteiger partial charge in [-0.15, -0.1) is 0 Å². The third-order valence-electron chi connectivity index (χ3n) is 4.25.